The summed E-state index contributed by atoms with van der Waals surface area (Å²) in [5.41, 5.74) is 0. The van der Waals surface area contributed by atoms with E-state index in [-0.39, 0.29) is 12.1 Å². The summed E-state index contributed by atoms with van der Waals surface area (Å²) in [6, 6.07) is 0. The number of hydrogen-bond donors (Lipinski definition) is 1. The second-order valence-corrected chi connectivity index (χ2v) is 4.48. The van der Waals surface area contributed by atoms with Crippen molar-refractivity contribution in [1.82, 2.24) is 5.32 Å². The number of carbonyl (C=O) groups is 1. The van der Waals surface area contributed by atoms with Gasteiger partial charge in [-0.2, -0.15) is 0 Å². The molecule has 0 aromatic carbocycles. The van der Waals surface area contributed by atoms with E-state index in [1.54, 1.807) is 0 Å². The predicted octanol–water partition coefficient (Wildman–Crippen LogP) is 2.11. The Bertz CT molecular complexity index is 186. The zero-order valence-corrected chi connectivity index (χ0v) is 9.92. The number of ether oxygens (including phenoxy) is 1. The molecule has 1 N–H and O–H groups in total. The highest BCUT2D eigenvalue weighted by Gasteiger charge is 2.20. The van der Waals surface area contributed by atoms with Crippen LogP contribution in [0.4, 0.5) is 0 Å². The Morgan fingerprint density at radius 2 is 2.00 bits per heavy atom. The van der Waals surface area contributed by atoms with Gasteiger partial charge in [0.05, 0.1) is 6.42 Å². The van der Waals surface area contributed by atoms with Gasteiger partial charge in [-0.1, -0.05) is 13.8 Å². The van der Waals surface area contributed by atoms with Gasteiger partial charge in [-0.3, -0.25) is 4.79 Å². The van der Waals surface area contributed by atoms with Crippen LogP contribution in [0.25, 0.3) is 0 Å². The molecule has 0 heterocycles. The maximum absolute atomic E-state index is 11.4. The quantitative estimate of drug-likeness (QED) is 0.561. The second-order valence-electron chi connectivity index (χ2n) is 4.48. The molecule has 1 rings (SSSR count). The summed E-state index contributed by atoms with van der Waals surface area (Å²) in [7, 11) is 0. The highest BCUT2D eigenvalue weighted by molar-refractivity contribution is 5.69. The van der Waals surface area contributed by atoms with Crippen LogP contribution in [-0.4, -0.2) is 25.2 Å². The fourth-order valence-electron chi connectivity index (χ4n) is 1.96. The van der Waals surface area contributed by atoms with Gasteiger partial charge in [0.1, 0.15) is 6.10 Å². The molecule has 0 bridgehead atoms. The predicted molar refractivity (Wildman–Crippen MR) is 60.7 cm³/mol. The van der Waals surface area contributed by atoms with E-state index in [0.717, 1.165) is 31.8 Å². The van der Waals surface area contributed by atoms with Crippen molar-refractivity contribution >= 4 is 5.97 Å². The van der Waals surface area contributed by atoms with Gasteiger partial charge < -0.3 is 10.1 Å². The lowest BCUT2D eigenvalue weighted by Gasteiger charge is -2.25. The monoisotopic (exact) mass is 213 g/mol. The van der Waals surface area contributed by atoms with Gasteiger partial charge in [-0.05, 0) is 38.1 Å². The van der Waals surface area contributed by atoms with Crippen LogP contribution in [-0.2, 0) is 9.53 Å². The van der Waals surface area contributed by atoms with E-state index >= 15 is 0 Å². The normalized spacial score (nSPS) is 26.3. The van der Waals surface area contributed by atoms with Crippen molar-refractivity contribution in [2.24, 2.45) is 5.92 Å². The molecule has 1 aliphatic carbocycles. The SMILES string of the molecule is CCNCCC(=O)OC1CCC(C)CC1. The number of esters is 1. The summed E-state index contributed by atoms with van der Waals surface area (Å²) in [5, 5.41) is 3.12. The molecule has 0 aromatic rings. The Morgan fingerprint density at radius 1 is 1.33 bits per heavy atom. The van der Waals surface area contributed by atoms with Crippen LogP contribution in [0.2, 0.25) is 0 Å². The third-order valence-electron chi connectivity index (χ3n) is 3.02. The van der Waals surface area contributed by atoms with Gasteiger partial charge in [0.25, 0.3) is 0 Å². The minimum Gasteiger partial charge on any atom is -0.462 e. The van der Waals surface area contributed by atoms with E-state index in [4.69, 9.17) is 4.74 Å². The van der Waals surface area contributed by atoms with Crippen molar-refractivity contribution in [2.45, 2.75) is 52.1 Å². The lowest BCUT2D eigenvalue weighted by Crippen LogP contribution is -2.25. The number of carbonyl (C=O) groups excluding carboxylic acids is 1. The highest BCUT2D eigenvalue weighted by Crippen LogP contribution is 2.25. The van der Waals surface area contributed by atoms with E-state index in [1.165, 1.54) is 12.8 Å². The Balaban J connectivity index is 2.09. The number of rotatable bonds is 5. The third kappa shape index (κ3) is 5.17. The first-order chi connectivity index (χ1) is 7.22. The minimum atomic E-state index is -0.0458. The maximum Gasteiger partial charge on any atom is 0.307 e. The summed E-state index contributed by atoms with van der Waals surface area (Å²) < 4.78 is 5.41. The Labute approximate surface area is 92.6 Å². The zero-order chi connectivity index (χ0) is 11.1. The van der Waals surface area contributed by atoms with Crippen molar-refractivity contribution in [3.05, 3.63) is 0 Å². The lowest BCUT2D eigenvalue weighted by atomic mass is 9.89. The van der Waals surface area contributed by atoms with Crippen LogP contribution in [0.1, 0.15) is 46.0 Å². The molecule has 88 valence electrons. The van der Waals surface area contributed by atoms with E-state index < -0.39 is 0 Å². The summed E-state index contributed by atoms with van der Waals surface area (Å²) in [6.07, 6.45) is 5.19. The van der Waals surface area contributed by atoms with E-state index in [0.29, 0.717) is 6.42 Å². The fourth-order valence-corrected chi connectivity index (χ4v) is 1.96. The highest BCUT2D eigenvalue weighted by atomic mass is 16.5. The molecule has 0 radical (unpaired) electrons. The van der Waals surface area contributed by atoms with Gasteiger partial charge in [-0.25, -0.2) is 0 Å². The minimum absolute atomic E-state index is 0.0458. The molecule has 1 fully saturated rings. The Morgan fingerprint density at radius 3 is 2.60 bits per heavy atom. The number of hydrogen-bond acceptors (Lipinski definition) is 3. The molecular weight excluding hydrogens is 190 g/mol. The van der Waals surface area contributed by atoms with Crippen molar-refractivity contribution in [3.8, 4) is 0 Å². The first kappa shape index (κ1) is 12.5. The molecule has 0 aromatic heterocycles. The van der Waals surface area contributed by atoms with E-state index in [2.05, 4.69) is 12.2 Å². The van der Waals surface area contributed by atoms with Gasteiger partial charge in [0.15, 0.2) is 0 Å². The molecule has 0 atom stereocenters. The van der Waals surface area contributed by atoms with Gasteiger partial charge in [-0.15, -0.1) is 0 Å². The smallest absolute Gasteiger partial charge is 0.307 e. The van der Waals surface area contributed by atoms with Gasteiger partial charge in [0.2, 0.25) is 0 Å². The standard InChI is InChI=1S/C12H23NO2/c1-3-13-9-8-12(14)15-11-6-4-10(2)5-7-11/h10-11,13H,3-9H2,1-2H3. The van der Waals surface area contributed by atoms with E-state index in [1.807, 2.05) is 6.92 Å². The molecular formula is C12H23NO2. The van der Waals surface area contributed by atoms with Crippen molar-refractivity contribution in [1.29, 1.82) is 0 Å². The van der Waals surface area contributed by atoms with Crippen LogP contribution >= 0.6 is 0 Å². The molecule has 0 unspecified atom stereocenters. The molecule has 0 saturated heterocycles. The third-order valence-corrected chi connectivity index (χ3v) is 3.02. The molecule has 1 aliphatic rings. The van der Waals surface area contributed by atoms with Gasteiger partial charge >= 0.3 is 5.97 Å². The Hall–Kier alpha value is -0.570. The number of nitrogens with one attached hydrogen (secondary N) is 1. The maximum atomic E-state index is 11.4. The summed E-state index contributed by atoms with van der Waals surface area (Å²) in [4.78, 5) is 11.4. The average Bonchev–Trinajstić information content (AvgIpc) is 2.22. The summed E-state index contributed by atoms with van der Waals surface area (Å²) >= 11 is 0. The van der Waals surface area contributed by atoms with E-state index in [9.17, 15) is 4.79 Å². The molecule has 0 spiro atoms. The molecule has 3 nitrogen and oxygen atoms in total. The van der Waals surface area contributed by atoms with Crippen molar-refractivity contribution in [3.63, 3.8) is 0 Å². The van der Waals surface area contributed by atoms with Crippen LogP contribution in [0.3, 0.4) is 0 Å². The first-order valence-electron chi connectivity index (χ1n) is 6.12. The van der Waals surface area contributed by atoms with Crippen LogP contribution in [0, 0.1) is 5.92 Å². The average molecular weight is 213 g/mol. The first-order valence-corrected chi connectivity index (χ1v) is 6.12. The van der Waals surface area contributed by atoms with Crippen LogP contribution < -0.4 is 5.32 Å². The largest absolute Gasteiger partial charge is 0.462 e. The topological polar surface area (TPSA) is 38.3 Å². The van der Waals surface area contributed by atoms with Gasteiger partial charge in [0, 0.05) is 6.54 Å². The molecule has 3 heteroatoms. The molecule has 15 heavy (non-hydrogen) atoms. The van der Waals surface area contributed by atoms with Crippen LogP contribution in [0.5, 0.6) is 0 Å². The summed E-state index contributed by atoms with van der Waals surface area (Å²) in [5.74, 6) is 0.761. The Kier molecular flexibility index (Phi) is 5.69. The summed E-state index contributed by atoms with van der Waals surface area (Å²) in [6.45, 7) is 5.95. The lowest BCUT2D eigenvalue weighted by molar-refractivity contribution is -0.150. The molecule has 0 amide bonds. The fraction of sp³-hybridized carbons (Fsp3) is 0.917. The van der Waals surface area contributed by atoms with Crippen molar-refractivity contribution < 1.29 is 9.53 Å². The molecule has 1 saturated carbocycles. The zero-order valence-electron chi connectivity index (χ0n) is 9.92. The second kappa shape index (κ2) is 6.83. The van der Waals surface area contributed by atoms with Crippen molar-refractivity contribution in [2.75, 3.05) is 13.1 Å². The molecule has 0 aliphatic heterocycles. The van der Waals surface area contributed by atoms with Crippen LogP contribution in [0.15, 0.2) is 0 Å².